The van der Waals surface area contributed by atoms with Gasteiger partial charge in [-0.15, -0.1) is 0 Å². The summed E-state index contributed by atoms with van der Waals surface area (Å²) in [5.74, 6) is 1.34. The molecule has 136 valence electrons. The average molecular weight is 354 g/mol. The molecule has 0 radical (unpaired) electrons. The topological polar surface area (TPSA) is 84.2 Å². The molecule has 1 atom stereocenters. The van der Waals surface area contributed by atoms with E-state index in [0.29, 0.717) is 31.3 Å². The Hall–Kier alpha value is -2.51. The SMILES string of the molecule is CCc1nc(C[C@@H]2CN(Cc3cc(=O)c4ccccc4[nH]3)CCO2)no1. The Morgan fingerprint density at radius 2 is 2.23 bits per heavy atom. The van der Waals surface area contributed by atoms with Crippen molar-refractivity contribution in [2.24, 2.45) is 0 Å². The molecule has 0 spiro atoms. The molecule has 1 aliphatic heterocycles. The highest BCUT2D eigenvalue weighted by Gasteiger charge is 2.23. The van der Waals surface area contributed by atoms with Gasteiger partial charge in [0.05, 0.1) is 12.7 Å². The first-order valence-corrected chi connectivity index (χ1v) is 8.97. The number of aryl methyl sites for hydroxylation is 1. The van der Waals surface area contributed by atoms with Gasteiger partial charge in [0.1, 0.15) is 0 Å². The summed E-state index contributed by atoms with van der Waals surface area (Å²) in [6, 6.07) is 9.29. The Morgan fingerprint density at radius 1 is 1.35 bits per heavy atom. The molecule has 26 heavy (non-hydrogen) atoms. The Labute approximate surface area is 151 Å². The Morgan fingerprint density at radius 3 is 3.08 bits per heavy atom. The number of hydrogen-bond acceptors (Lipinski definition) is 6. The number of fused-ring (bicyclic) bond motifs is 1. The number of nitrogens with zero attached hydrogens (tertiary/aromatic N) is 3. The molecule has 2 aromatic heterocycles. The maximum atomic E-state index is 12.3. The Bertz CT molecular complexity index is 949. The second-order valence-electron chi connectivity index (χ2n) is 6.59. The largest absolute Gasteiger partial charge is 0.375 e. The number of pyridine rings is 1. The van der Waals surface area contributed by atoms with Crippen molar-refractivity contribution in [1.29, 1.82) is 0 Å². The van der Waals surface area contributed by atoms with E-state index in [-0.39, 0.29) is 11.5 Å². The number of H-pyrrole nitrogens is 1. The van der Waals surface area contributed by atoms with Crippen LogP contribution < -0.4 is 5.43 Å². The van der Waals surface area contributed by atoms with E-state index in [1.54, 1.807) is 6.07 Å². The first-order valence-electron chi connectivity index (χ1n) is 8.97. The second kappa shape index (κ2) is 7.39. The van der Waals surface area contributed by atoms with E-state index in [1.807, 2.05) is 31.2 Å². The van der Waals surface area contributed by atoms with Crippen LogP contribution in [-0.4, -0.2) is 45.8 Å². The number of hydrogen-bond donors (Lipinski definition) is 1. The van der Waals surface area contributed by atoms with E-state index in [2.05, 4.69) is 20.0 Å². The minimum Gasteiger partial charge on any atom is -0.375 e. The van der Waals surface area contributed by atoms with Gasteiger partial charge < -0.3 is 14.2 Å². The zero-order chi connectivity index (χ0) is 17.9. The number of rotatable bonds is 5. The van der Waals surface area contributed by atoms with Crippen molar-refractivity contribution >= 4 is 10.9 Å². The van der Waals surface area contributed by atoms with Crippen LogP contribution in [0.25, 0.3) is 10.9 Å². The molecule has 0 bridgehead atoms. The van der Waals surface area contributed by atoms with E-state index in [4.69, 9.17) is 9.26 Å². The van der Waals surface area contributed by atoms with Crippen LogP contribution in [0.4, 0.5) is 0 Å². The lowest BCUT2D eigenvalue weighted by atomic mass is 10.1. The smallest absolute Gasteiger partial charge is 0.226 e. The van der Waals surface area contributed by atoms with Crippen molar-refractivity contribution in [3.8, 4) is 0 Å². The number of aromatic nitrogens is 3. The molecule has 0 saturated carbocycles. The van der Waals surface area contributed by atoms with Crippen molar-refractivity contribution in [3.05, 3.63) is 58.0 Å². The van der Waals surface area contributed by atoms with E-state index in [1.165, 1.54) is 0 Å². The van der Waals surface area contributed by atoms with Crippen molar-refractivity contribution in [3.63, 3.8) is 0 Å². The average Bonchev–Trinajstić information content (AvgIpc) is 3.10. The van der Waals surface area contributed by atoms with Crippen molar-refractivity contribution in [2.45, 2.75) is 32.4 Å². The summed E-state index contributed by atoms with van der Waals surface area (Å²) >= 11 is 0. The summed E-state index contributed by atoms with van der Waals surface area (Å²) in [6.45, 7) is 4.93. The molecular formula is C19H22N4O3. The number of ether oxygens (including phenoxy) is 1. The van der Waals surface area contributed by atoms with Crippen molar-refractivity contribution in [1.82, 2.24) is 20.0 Å². The van der Waals surface area contributed by atoms with Crippen LogP contribution in [0, 0.1) is 0 Å². The third kappa shape index (κ3) is 3.68. The van der Waals surface area contributed by atoms with Gasteiger partial charge in [-0.3, -0.25) is 9.69 Å². The van der Waals surface area contributed by atoms with Crippen LogP contribution in [0.5, 0.6) is 0 Å². The van der Waals surface area contributed by atoms with Crippen LogP contribution in [-0.2, 0) is 24.1 Å². The highest BCUT2D eigenvalue weighted by atomic mass is 16.5. The zero-order valence-electron chi connectivity index (χ0n) is 14.8. The summed E-state index contributed by atoms with van der Waals surface area (Å²) in [4.78, 5) is 22.3. The number of nitrogens with one attached hydrogen (secondary N) is 1. The minimum absolute atomic E-state index is 0.0261. The number of para-hydroxylation sites is 1. The predicted molar refractivity (Wildman–Crippen MR) is 97.0 cm³/mol. The normalized spacial score (nSPS) is 18.4. The van der Waals surface area contributed by atoms with Gasteiger partial charge >= 0.3 is 0 Å². The summed E-state index contributed by atoms with van der Waals surface area (Å²) in [7, 11) is 0. The highest BCUT2D eigenvalue weighted by molar-refractivity contribution is 5.78. The lowest BCUT2D eigenvalue weighted by Gasteiger charge is -2.32. The minimum atomic E-state index is 0.0261. The molecule has 1 saturated heterocycles. The van der Waals surface area contributed by atoms with Gasteiger partial charge in [0.15, 0.2) is 11.3 Å². The molecule has 3 heterocycles. The Balaban J connectivity index is 1.44. The van der Waals surface area contributed by atoms with Gasteiger partial charge in [0.2, 0.25) is 5.89 Å². The first-order chi connectivity index (χ1) is 12.7. The molecule has 0 amide bonds. The third-order valence-corrected chi connectivity index (χ3v) is 4.63. The third-order valence-electron chi connectivity index (χ3n) is 4.63. The van der Waals surface area contributed by atoms with Gasteiger partial charge in [-0.05, 0) is 12.1 Å². The Kier molecular flexibility index (Phi) is 4.81. The first kappa shape index (κ1) is 16.9. The van der Waals surface area contributed by atoms with Crippen LogP contribution in [0.3, 0.4) is 0 Å². The summed E-state index contributed by atoms with van der Waals surface area (Å²) in [6.07, 6.45) is 1.40. The van der Waals surface area contributed by atoms with E-state index >= 15 is 0 Å². The highest BCUT2D eigenvalue weighted by Crippen LogP contribution is 2.14. The summed E-state index contributed by atoms with van der Waals surface area (Å²) in [5.41, 5.74) is 1.85. The molecule has 7 heteroatoms. The van der Waals surface area contributed by atoms with Crippen molar-refractivity contribution in [2.75, 3.05) is 19.7 Å². The molecular weight excluding hydrogens is 332 g/mol. The summed E-state index contributed by atoms with van der Waals surface area (Å²) < 4.78 is 11.0. The van der Waals surface area contributed by atoms with Crippen LogP contribution >= 0.6 is 0 Å². The molecule has 1 aliphatic rings. The fourth-order valence-corrected chi connectivity index (χ4v) is 3.35. The zero-order valence-corrected chi connectivity index (χ0v) is 14.8. The fraction of sp³-hybridized carbons (Fsp3) is 0.421. The molecule has 7 nitrogen and oxygen atoms in total. The number of morpholine rings is 1. The van der Waals surface area contributed by atoms with Gasteiger partial charge in [-0.2, -0.15) is 4.98 Å². The van der Waals surface area contributed by atoms with Gasteiger partial charge in [0.25, 0.3) is 0 Å². The fourth-order valence-electron chi connectivity index (χ4n) is 3.35. The monoisotopic (exact) mass is 354 g/mol. The van der Waals surface area contributed by atoms with Gasteiger partial charge in [0, 0.05) is 55.1 Å². The predicted octanol–water partition coefficient (Wildman–Crippen LogP) is 1.92. The van der Waals surface area contributed by atoms with Crippen LogP contribution in [0.15, 0.2) is 39.6 Å². The number of benzene rings is 1. The maximum Gasteiger partial charge on any atom is 0.226 e. The molecule has 1 N–H and O–H groups in total. The molecule has 4 rings (SSSR count). The molecule has 1 fully saturated rings. The molecule has 1 aromatic carbocycles. The van der Waals surface area contributed by atoms with E-state index in [9.17, 15) is 4.79 Å². The molecule has 0 unspecified atom stereocenters. The molecule has 0 aliphatic carbocycles. The van der Waals surface area contributed by atoms with Crippen LogP contribution in [0.2, 0.25) is 0 Å². The standard InChI is InChI=1S/C19H22N4O3/c1-2-19-21-18(22-26-19)10-14-12-23(7-8-25-14)11-13-9-17(24)15-5-3-4-6-16(15)20-13/h3-6,9,14H,2,7-8,10-12H2,1H3,(H,20,24)/t14-/m1/s1. The molecule has 3 aromatic rings. The van der Waals surface area contributed by atoms with E-state index < -0.39 is 0 Å². The van der Waals surface area contributed by atoms with Gasteiger partial charge in [-0.1, -0.05) is 24.2 Å². The number of aromatic amines is 1. The quantitative estimate of drug-likeness (QED) is 0.753. The maximum absolute atomic E-state index is 12.3. The lowest BCUT2D eigenvalue weighted by Crippen LogP contribution is -2.43. The summed E-state index contributed by atoms with van der Waals surface area (Å²) in [5, 5.41) is 4.73. The van der Waals surface area contributed by atoms with Crippen molar-refractivity contribution < 1.29 is 9.26 Å². The second-order valence-corrected chi connectivity index (χ2v) is 6.59. The van der Waals surface area contributed by atoms with E-state index in [0.717, 1.165) is 36.1 Å². The van der Waals surface area contributed by atoms with Crippen LogP contribution in [0.1, 0.15) is 24.3 Å². The lowest BCUT2D eigenvalue weighted by molar-refractivity contribution is -0.0318. The van der Waals surface area contributed by atoms with Gasteiger partial charge in [-0.25, -0.2) is 0 Å².